The molecule has 4 nitrogen and oxygen atoms in total. The van der Waals surface area contributed by atoms with Gasteiger partial charge in [-0.15, -0.1) is 0 Å². The SMILES string of the molecule is O=C(NC(c1ccccc1Cl)C1(O)CCC(F)(F)CC1)c1ccc(C(F)(F)F)nc1Cl. The van der Waals surface area contributed by atoms with E-state index in [2.05, 4.69) is 10.3 Å². The zero-order valence-electron chi connectivity index (χ0n) is 15.8. The lowest BCUT2D eigenvalue weighted by Crippen LogP contribution is -2.50. The number of rotatable bonds is 4. The summed E-state index contributed by atoms with van der Waals surface area (Å²) in [5.41, 5.74) is -3.11. The summed E-state index contributed by atoms with van der Waals surface area (Å²) in [6.07, 6.45) is -6.59. The van der Waals surface area contributed by atoms with Crippen molar-refractivity contribution in [3.8, 4) is 0 Å². The molecule has 1 aliphatic rings. The molecule has 1 aromatic heterocycles. The van der Waals surface area contributed by atoms with Gasteiger partial charge in [0.2, 0.25) is 5.92 Å². The van der Waals surface area contributed by atoms with Crippen LogP contribution in [0.5, 0.6) is 0 Å². The van der Waals surface area contributed by atoms with Crippen molar-refractivity contribution in [3.05, 3.63) is 63.4 Å². The van der Waals surface area contributed by atoms with E-state index in [1.807, 2.05) is 0 Å². The number of aliphatic hydroxyl groups is 1. The number of alkyl halides is 5. The number of nitrogens with zero attached hydrogens (tertiary/aromatic N) is 1. The highest BCUT2D eigenvalue weighted by molar-refractivity contribution is 6.32. The summed E-state index contributed by atoms with van der Waals surface area (Å²) in [5, 5.41) is 13.1. The molecule has 1 heterocycles. The first kappa shape index (κ1) is 23.7. The second-order valence-corrected chi connectivity index (χ2v) is 8.19. The molecule has 1 amide bonds. The molecular formula is C20H17Cl2F5N2O2. The van der Waals surface area contributed by atoms with Gasteiger partial charge in [-0.2, -0.15) is 13.2 Å². The second kappa shape index (κ2) is 8.52. The van der Waals surface area contributed by atoms with Crippen molar-refractivity contribution in [2.24, 2.45) is 0 Å². The normalized spacial score (nSPS) is 19.0. The van der Waals surface area contributed by atoms with Crippen LogP contribution < -0.4 is 5.32 Å². The maximum Gasteiger partial charge on any atom is 0.433 e. The average Bonchev–Trinajstić information content (AvgIpc) is 2.68. The Morgan fingerprint density at radius 1 is 1.06 bits per heavy atom. The highest BCUT2D eigenvalue weighted by Crippen LogP contribution is 2.45. The van der Waals surface area contributed by atoms with Crippen LogP contribution in [0.25, 0.3) is 0 Å². The Labute approximate surface area is 184 Å². The van der Waals surface area contributed by atoms with Crippen molar-refractivity contribution < 1.29 is 31.9 Å². The van der Waals surface area contributed by atoms with Crippen LogP contribution in [0, 0.1) is 0 Å². The van der Waals surface area contributed by atoms with E-state index in [-0.39, 0.29) is 29.0 Å². The van der Waals surface area contributed by atoms with Crippen LogP contribution in [-0.2, 0) is 6.18 Å². The Balaban J connectivity index is 1.94. The zero-order chi connectivity index (χ0) is 23.0. The fraction of sp³-hybridized carbons (Fsp3) is 0.400. The quantitative estimate of drug-likeness (QED) is 0.426. The first-order chi connectivity index (χ1) is 14.3. The fourth-order valence-electron chi connectivity index (χ4n) is 3.52. The van der Waals surface area contributed by atoms with Crippen molar-refractivity contribution in [2.45, 2.75) is 49.4 Å². The van der Waals surface area contributed by atoms with Gasteiger partial charge in [0.05, 0.1) is 17.2 Å². The molecule has 1 fully saturated rings. The van der Waals surface area contributed by atoms with Crippen molar-refractivity contribution in [1.29, 1.82) is 0 Å². The largest absolute Gasteiger partial charge is 0.433 e. The summed E-state index contributed by atoms with van der Waals surface area (Å²) in [5.74, 6) is -3.87. The van der Waals surface area contributed by atoms with Gasteiger partial charge in [0.15, 0.2) is 0 Å². The summed E-state index contributed by atoms with van der Waals surface area (Å²) >= 11 is 12.0. The van der Waals surface area contributed by atoms with Crippen LogP contribution in [0.2, 0.25) is 10.2 Å². The molecule has 1 unspecified atom stereocenters. The average molecular weight is 483 g/mol. The summed E-state index contributed by atoms with van der Waals surface area (Å²) < 4.78 is 65.7. The van der Waals surface area contributed by atoms with Crippen LogP contribution >= 0.6 is 23.2 Å². The van der Waals surface area contributed by atoms with Gasteiger partial charge in [0.25, 0.3) is 5.91 Å². The number of amides is 1. The van der Waals surface area contributed by atoms with Crippen molar-refractivity contribution >= 4 is 29.1 Å². The van der Waals surface area contributed by atoms with Crippen LogP contribution in [0.4, 0.5) is 22.0 Å². The van der Waals surface area contributed by atoms with E-state index >= 15 is 0 Å². The molecule has 1 saturated carbocycles. The molecule has 1 atom stereocenters. The number of nitrogens with one attached hydrogen (secondary N) is 1. The summed E-state index contributed by atoms with van der Waals surface area (Å²) in [7, 11) is 0. The van der Waals surface area contributed by atoms with Gasteiger partial charge in [-0.05, 0) is 36.6 Å². The third-order valence-electron chi connectivity index (χ3n) is 5.26. The van der Waals surface area contributed by atoms with Gasteiger partial charge < -0.3 is 10.4 Å². The molecule has 168 valence electrons. The van der Waals surface area contributed by atoms with Crippen LogP contribution in [0.3, 0.4) is 0 Å². The minimum absolute atomic E-state index is 0.176. The molecule has 0 spiro atoms. The Bertz CT molecular complexity index is 974. The molecule has 1 aliphatic carbocycles. The molecular weight excluding hydrogens is 466 g/mol. The Kier molecular flexibility index (Phi) is 6.51. The number of hydrogen-bond donors (Lipinski definition) is 2. The number of carbonyl (C=O) groups excluding carboxylic acids is 1. The van der Waals surface area contributed by atoms with Gasteiger partial charge >= 0.3 is 6.18 Å². The molecule has 1 aromatic carbocycles. The highest BCUT2D eigenvalue weighted by Gasteiger charge is 2.48. The van der Waals surface area contributed by atoms with Crippen molar-refractivity contribution in [3.63, 3.8) is 0 Å². The predicted octanol–water partition coefficient (Wildman–Crippen LogP) is 5.82. The Morgan fingerprint density at radius 3 is 2.23 bits per heavy atom. The van der Waals surface area contributed by atoms with Crippen molar-refractivity contribution in [1.82, 2.24) is 10.3 Å². The fourth-order valence-corrected chi connectivity index (χ4v) is 4.00. The van der Waals surface area contributed by atoms with Gasteiger partial charge in [0.1, 0.15) is 10.8 Å². The lowest BCUT2D eigenvalue weighted by molar-refractivity contribution is -0.141. The molecule has 0 saturated heterocycles. The highest BCUT2D eigenvalue weighted by atomic mass is 35.5. The maximum absolute atomic E-state index is 13.7. The Morgan fingerprint density at radius 2 is 1.68 bits per heavy atom. The molecule has 0 bridgehead atoms. The van der Waals surface area contributed by atoms with E-state index in [1.165, 1.54) is 12.1 Å². The van der Waals surface area contributed by atoms with Gasteiger partial charge in [-0.25, -0.2) is 13.8 Å². The predicted molar refractivity (Wildman–Crippen MR) is 104 cm³/mol. The van der Waals surface area contributed by atoms with E-state index in [0.29, 0.717) is 6.07 Å². The molecule has 11 heteroatoms. The van der Waals surface area contributed by atoms with Crippen LogP contribution in [0.1, 0.15) is 53.3 Å². The topological polar surface area (TPSA) is 62.2 Å². The van der Waals surface area contributed by atoms with E-state index in [4.69, 9.17) is 23.2 Å². The number of halogens is 7. The van der Waals surface area contributed by atoms with E-state index in [0.717, 1.165) is 6.07 Å². The first-order valence-electron chi connectivity index (χ1n) is 9.22. The number of pyridine rings is 1. The lowest BCUT2D eigenvalue weighted by atomic mass is 9.75. The molecule has 2 aromatic rings. The van der Waals surface area contributed by atoms with Crippen LogP contribution in [-0.4, -0.2) is 27.5 Å². The zero-order valence-corrected chi connectivity index (χ0v) is 17.3. The summed E-state index contributed by atoms with van der Waals surface area (Å²) in [6, 6.07) is 6.47. The van der Waals surface area contributed by atoms with Crippen molar-refractivity contribution in [2.75, 3.05) is 0 Å². The maximum atomic E-state index is 13.7. The van der Waals surface area contributed by atoms with Gasteiger partial charge in [-0.1, -0.05) is 41.4 Å². The smallest absolute Gasteiger partial charge is 0.387 e. The third kappa shape index (κ3) is 5.27. The standard InChI is InChI=1S/C20H17Cl2F5N2O2/c21-13-4-2-1-3-11(13)15(18(31)7-9-19(23,24)10-8-18)29-17(30)12-5-6-14(20(25,26)27)28-16(12)22/h1-6,15,31H,7-10H2,(H,29,30). The number of benzene rings is 1. The molecule has 2 N–H and O–H groups in total. The minimum atomic E-state index is -4.75. The second-order valence-electron chi connectivity index (χ2n) is 7.42. The van der Waals surface area contributed by atoms with E-state index < -0.39 is 53.3 Å². The van der Waals surface area contributed by atoms with E-state index in [1.54, 1.807) is 12.1 Å². The van der Waals surface area contributed by atoms with E-state index in [9.17, 15) is 31.9 Å². The first-order valence-corrected chi connectivity index (χ1v) is 9.97. The molecule has 0 radical (unpaired) electrons. The monoisotopic (exact) mass is 482 g/mol. The summed E-state index contributed by atoms with van der Waals surface area (Å²) in [6.45, 7) is 0. The van der Waals surface area contributed by atoms with Crippen LogP contribution in [0.15, 0.2) is 36.4 Å². The molecule has 0 aliphatic heterocycles. The summed E-state index contributed by atoms with van der Waals surface area (Å²) in [4.78, 5) is 16.0. The Hall–Kier alpha value is -1.97. The molecule has 3 rings (SSSR count). The number of hydrogen-bond acceptors (Lipinski definition) is 3. The number of aromatic nitrogens is 1. The lowest BCUT2D eigenvalue weighted by Gasteiger charge is -2.42. The van der Waals surface area contributed by atoms with Gasteiger partial charge in [-0.3, -0.25) is 4.79 Å². The minimum Gasteiger partial charge on any atom is -0.387 e. The molecule has 31 heavy (non-hydrogen) atoms. The third-order valence-corrected chi connectivity index (χ3v) is 5.89. The number of carbonyl (C=O) groups is 1. The van der Waals surface area contributed by atoms with Gasteiger partial charge in [0, 0.05) is 17.9 Å².